The van der Waals surface area contributed by atoms with Crippen LogP contribution < -0.4 is 5.32 Å². The van der Waals surface area contributed by atoms with Crippen LogP contribution in [0.3, 0.4) is 0 Å². The Kier molecular flexibility index (Phi) is 5.58. The monoisotopic (exact) mass is 361 g/mol. The fraction of sp³-hybridized carbons (Fsp3) is 0.278. The van der Waals surface area contributed by atoms with Gasteiger partial charge in [-0.25, -0.2) is 4.79 Å². The van der Waals surface area contributed by atoms with Gasteiger partial charge in [0, 0.05) is 5.69 Å². The number of rotatable bonds is 5. The number of benzene rings is 1. The van der Waals surface area contributed by atoms with Gasteiger partial charge in [0.1, 0.15) is 10.5 Å². The summed E-state index contributed by atoms with van der Waals surface area (Å²) in [7, 11) is 0. The van der Waals surface area contributed by atoms with Crippen LogP contribution in [0.2, 0.25) is 0 Å². The van der Waals surface area contributed by atoms with E-state index in [1.54, 1.807) is 45.0 Å². The smallest absolute Gasteiger partial charge is 0.345 e. The second-order valence-corrected chi connectivity index (χ2v) is 7.43. The number of hydrogen-bond donors (Lipinski definition) is 2. The van der Waals surface area contributed by atoms with Gasteiger partial charge in [-0.2, -0.15) is 0 Å². The van der Waals surface area contributed by atoms with Crippen molar-refractivity contribution in [2.45, 2.75) is 32.8 Å². The van der Waals surface area contributed by atoms with E-state index in [0.717, 1.165) is 11.3 Å². The highest BCUT2D eigenvalue weighted by Gasteiger charge is 2.19. The lowest BCUT2D eigenvalue weighted by molar-refractivity contribution is -0.153. The Morgan fingerprint density at radius 2 is 1.72 bits per heavy atom. The molecule has 0 radical (unpaired) electrons. The Labute approximate surface area is 149 Å². The third-order valence-corrected chi connectivity index (χ3v) is 4.13. The van der Waals surface area contributed by atoms with E-state index >= 15 is 0 Å². The van der Waals surface area contributed by atoms with E-state index in [2.05, 4.69) is 5.32 Å². The van der Waals surface area contributed by atoms with Crippen molar-refractivity contribution in [3.05, 3.63) is 51.7 Å². The molecule has 1 amide bonds. The highest BCUT2D eigenvalue weighted by molar-refractivity contribution is 7.15. The number of ether oxygens (including phenoxy) is 1. The number of para-hydroxylation sites is 1. The molecule has 0 bridgehead atoms. The van der Waals surface area contributed by atoms with Crippen molar-refractivity contribution in [2.75, 3.05) is 5.32 Å². The fourth-order valence-electron chi connectivity index (χ4n) is 2.09. The van der Waals surface area contributed by atoms with E-state index in [1.165, 1.54) is 12.1 Å². The first-order valence-corrected chi connectivity index (χ1v) is 8.41. The molecule has 7 heteroatoms. The SMILES string of the molecule is CC(C)(C)OC(=O)Cc1ccccc1NC(=O)c1ccc(C(=O)O)s1. The van der Waals surface area contributed by atoms with Gasteiger partial charge in [-0.1, -0.05) is 18.2 Å². The van der Waals surface area contributed by atoms with Gasteiger partial charge in [0.15, 0.2) is 0 Å². The minimum Gasteiger partial charge on any atom is -0.477 e. The van der Waals surface area contributed by atoms with Gasteiger partial charge in [0.05, 0.1) is 11.3 Å². The van der Waals surface area contributed by atoms with Crippen LogP contribution in [0, 0.1) is 0 Å². The third kappa shape index (κ3) is 5.42. The molecule has 132 valence electrons. The quantitative estimate of drug-likeness (QED) is 0.794. The van der Waals surface area contributed by atoms with Gasteiger partial charge >= 0.3 is 11.9 Å². The zero-order valence-electron chi connectivity index (χ0n) is 14.2. The van der Waals surface area contributed by atoms with E-state index in [9.17, 15) is 14.4 Å². The Morgan fingerprint density at radius 3 is 2.32 bits per heavy atom. The standard InChI is InChI=1S/C18H19NO5S/c1-18(2,3)24-15(20)10-11-6-4-5-7-12(11)19-16(21)13-8-9-14(25-13)17(22)23/h4-9H,10H2,1-3H3,(H,19,21)(H,22,23). The molecule has 0 saturated heterocycles. The molecule has 2 rings (SSSR count). The van der Waals surface area contributed by atoms with Gasteiger partial charge in [0.25, 0.3) is 5.91 Å². The molecule has 0 unspecified atom stereocenters. The second kappa shape index (κ2) is 7.48. The van der Waals surface area contributed by atoms with Gasteiger partial charge in [-0.15, -0.1) is 11.3 Å². The molecule has 0 atom stereocenters. The molecule has 0 saturated carbocycles. The first-order valence-electron chi connectivity index (χ1n) is 7.60. The van der Waals surface area contributed by atoms with Crippen LogP contribution in [-0.4, -0.2) is 28.6 Å². The molecule has 1 aromatic heterocycles. The van der Waals surface area contributed by atoms with Gasteiger partial charge in [-0.3, -0.25) is 9.59 Å². The number of carbonyl (C=O) groups is 3. The number of esters is 1. The van der Waals surface area contributed by atoms with E-state index < -0.39 is 23.4 Å². The molecule has 6 nitrogen and oxygen atoms in total. The molecule has 25 heavy (non-hydrogen) atoms. The zero-order valence-corrected chi connectivity index (χ0v) is 15.0. The average Bonchev–Trinajstić information content (AvgIpc) is 2.97. The van der Waals surface area contributed by atoms with Crippen molar-refractivity contribution in [1.82, 2.24) is 0 Å². The Morgan fingerprint density at radius 1 is 1.08 bits per heavy atom. The normalized spacial score (nSPS) is 11.0. The van der Waals surface area contributed by atoms with Crippen molar-refractivity contribution in [2.24, 2.45) is 0 Å². The summed E-state index contributed by atoms with van der Waals surface area (Å²) >= 11 is 0.893. The van der Waals surface area contributed by atoms with Crippen LogP contribution in [0.25, 0.3) is 0 Å². The van der Waals surface area contributed by atoms with Crippen molar-refractivity contribution < 1.29 is 24.2 Å². The van der Waals surface area contributed by atoms with Crippen LogP contribution in [0.1, 0.15) is 45.7 Å². The van der Waals surface area contributed by atoms with Crippen LogP contribution in [-0.2, 0) is 16.0 Å². The molecule has 1 heterocycles. The lowest BCUT2D eigenvalue weighted by Gasteiger charge is -2.20. The molecule has 0 fully saturated rings. The zero-order chi connectivity index (χ0) is 18.6. The van der Waals surface area contributed by atoms with Gasteiger partial charge < -0.3 is 15.2 Å². The molecule has 2 N–H and O–H groups in total. The number of carboxylic acids is 1. The Balaban J connectivity index is 2.13. The first kappa shape index (κ1) is 18.7. The number of anilines is 1. The molecule has 0 spiro atoms. The summed E-state index contributed by atoms with van der Waals surface area (Å²) < 4.78 is 5.30. The van der Waals surface area contributed by atoms with Crippen LogP contribution >= 0.6 is 11.3 Å². The lowest BCUT2D eigenvalue weighted by atomic mass is 10.1. The third-order valence-electron chi connectivity index (χ3n) is 3.06. The summed E-state index contributed by atoms with van der Waals surface area (Å²) in [4.78, 5) is 35.6. The van der Waals surface area contributed by atoms with E-state index in [4.69, 9.17) is 9.84 Å². The fourth-order valence-corrected chi connectivity index (χ4v) is 2.83. The number of carboxylic acid groups (broad SMARTS) is 1. The number of thiophene rings is 1. The van der Waals surface area contributed by atoms with Crippen molar-refractivity contribution in [1.29, 1.82) is 0 Å². The average molecular weight is 361 g/mol. The highest BCUT2D eigenvalue weighted by Crippen LogP contribution is 2.21. The maximum atomic E-state index is 12.3. The molecular weight excluding hydrogens is 342 g/mol. The highest BCUT2D eigenvalue weighted by atomic mass is 32.1. The number of aromatic carboxylic acids is 1. The van der Waals surface area contributed by atoms with Crippen LogP contribution in [0.4, 0.5) is 5.69 Å². The number of carbonyl (C=O) groups excluding carboxylic acids is 2. The van der Waals surface area contributed by atoms with Gasteiger partial charge in [-0.05, 0) is 44.5 Å². The first-order chi connectivity index (χ1) is 11.7. The largest absolute Gasteiger partial charge is 0.477 e. The summed E-state index contributed by atoms with van der Waals surface area (Å²) in [6.45, 7) is 5.36. The summed E-state index contributed by atoms with van der Waals surface area (Å²) in [5, 5.41) is 11.7. The Bertz CT molecular complexity index is 804. The minimum absolute atomic E-state index is 0.0263. The molecular formula is C18H19NO5S. The van der Waals surface area contributed by atoms with Crippen molar-refractivity contribution in [3.63, 3.8) is 0 Å². The summed E-state index contributed by atoms with van der Waals surface area (Å²) in [6.07, 6.45) is 0.0263. The van der Waals surface area contributed by atoms with E-state index in [-0.39, 0.29) is 16.2 Å². The second-order valence-electron chi connectivity index (χ2n) is 6.34. The molecule has 0 aliphatic carbocycles. The number of nitrogens with one attached hydrogen (secondary N) is 1. The van der Waals surface area contributed by atoms with Crippen molar-refractivity contribution >= 4 is 34.9 Å². The van der Waals surface area contributed by atoms with E-state index in [0.29, 0.717) is 11.3 Å². The Hall–Kier alpha value is -2.67. The number of amides is 1. The summed E-state index contributed by atoms with van der Waals surface area (Å²) in [5.41, 5.74) is 0.531. The molecule has 0 aliphatic rings. The van der Waals surface area contributed by atoms with Crippen molar-refractivity contribution in [3.8, 4) is 0 Å². The van der Waals surface area contributed by atoms with Crippen LogP contribution in [0.15, 0.2) is 36.4 Å². The number of hydrogen-bond acceptors (Lipinski definition) is 5. The summed E-state index contributed by atoms with van der Waals surface area (Å²) in [5.74, 6) is -1.89. The predicted molar refractivity (Wildman–Crippen MR) is 95.2 cm³/mol. The molecule has 0 aliphatic heterocycles. The topological polar surface area (TPSA) is 92.7 Å². The molecule has 2 aromatic rings. The maximum Gasteiger partial charge on any atom is 0.345 e. The maximum absolute atomic E-state index is 12.3. The van der Waals surface area contributed by atoms with Crippen LogP contribution in [0.5, 0.6) is 0 Å². The van der Waals surface area contributed by atoms with Gasteiger partial charge in [0.2, 0.25) is 0 Å². The lowest BCUT2D eigenvalue weighted by Crippen LogP contribution is -2.25. The minimum atomic E-state index is -1.07. The molecule has 1 aromatic carbocycles. The predicted octanol–water partition coefficient (Wildman–Crippen LogP) is 3.58. The summed E-state index contributed by atoms with van der Waals surface area (Å²) in [6, 6.07) is 9.77. The van der Waals surface area contributed by atoms with E-state index in [1.807, 2.05) is 0 Å².